The van der Waals surface area contributed by atoms with Crippen LogP contribution in [-0.4, -0.2) is 71.0 Å². The molecule has 5 rings (SSSR count). The zero-order chi connectivity index (χ0) is 25.4. The second-order valence-corrected chi connectivity index (χ2v) is 9.71. The first-order chi connectivity index (χ1) is 17.4. The SMILES string of the molecule is CCO/N=C(\C(=O)NC1C(=O)N2C(C(=O)O)=C(C[n+]3ccn4ccccc43)CS[C@@H]12)c1nsc(N)n1. The third kappa shape index (κ3) is 4.15. The highest BCUT2D eigenvalue weighted by molar-refractivity contribution is 8.00. The highest BCUT2D eigenvalue weighted by Gasteiger charge is 2.54. The van der Waals surface area contributed by atoms with Gasteiger partial charge in [-0.3, -0.25) is 14.5 Å². The van der Waals surface area contributed by atoms with Crippen molar-refractivity contribution < 1.29 is 28.9 Å². The molecule has 0 radical (unpaired) electrons. The minimum Gasteiger partial charge on any atom is -0.477 e. The van der Waals surface area contributed by atoms with Crippen LogP contribution in [0, 0.1) is 0 Å². The van der Waals surface area contributed by atoms with Gasteiger partial charge in [-0.1, -0.05) is 11.2 Å². The first-order valence-corrected chi connectivity index (χ1v) is 12.7. The Labute approximate surface area is 212 Å². The van der Waals surface area contributed by atoms with Gasteiger partial charge in [0.15, 0.2) is 5.13 Å². The van der Waals surface area contributed by atoms with Crippen molar-refractivity contribution in [1.82, 2.24) is 24.0 Å². The number of pyridine rings is 1. The smallest absolute Gasteiger partial charge is 0.352 e. The van der Waals surface area contributed by atoms with Gasteiger partial charge in [0.25, 0.3) is 17.5 Å². The van der Waals surface area contributed by atoms with Crippen molar-refractivity contribution in [3.63, 3.8) is 0 Å². The largest absolute Gasteiger partial charge is 0.477 e. The number of carbonyl (C=O) groups is 3. The molecule has 1 fully saturated rings. The highest BCUT2D eigenvalue weighted by atomic mass is 32.2. The average Bonchev–Trinajstić information content (AvgIpc) is 3.48. The third-order valence-electron chi connectivity index (χ3n) is 5.62. The number of aliphatic carboxylic acids is 1. The highest BCUT2D eigenvalue weighted by Crippen LogP contribution is 2.40. The zero-order valence-corrected chi connectivity index (χ0v) is 20.5. The van der Waals surface area contributed by atoms with E-state index in [1.165, 1.54) is 16.7 Å². The van der Waals surface area contributed by atoms with Gasteiger partial charge in [0.05, 0.1) is 6.20 Å². The van der Waals surface area contributed by atoms with Gasteiger partial charge in [0.2, 0.25) is 11.5 Å². The summed E-state index contributed by atoms with van der Waals surface area (Å²) in [6.45, 7) is 2.21. The lowest BCUT2D eigenvalue weighted by atomic mass is 10.0. The summed E-state index contributed by atoms with van der Waals surface area (Å²) < 4.78 is 7.83. The number of fused-ring (bicyclic) bond motifs is 2. The van der Waals surface area contributed by atoms with Crippen LogP contribution in [0.25, 0.3) is 5.65 Å². The van der Waals surface area contributed by atoms with E-state index in [0.717, 1.165) is 17.2 Å². The summed E-state index contributed by atoms with van der Waals surface area (Å²) in [7, 11) is 0. The molecule has 15 heteroatoms. The average molecular weight is 530 g/mol. The summed E-state index contributed by atoms with van der Waals surface area (Å²) in [4.78, 5) is 48.4. The molecular weight excluding hydrogens is 508 g/mol. The molecule has 5 heterocycles. The first kappa shape index (κ1) is 23.7. The van der Waals surface area contributed by atoms with Gasteiger partial charge < -0.3 is 21.0 Å². The lowest BCUT2D eigenvalue weighted by molar-refractivity contribution is -0.662. The maximum atomic E-state index is 13.1. The molecule has 36 heavy (non-hydrogen) atoms. The number of imidazole rings is 1. The summed E-state index contributed by atoms with van der Waals surface area (Å²) in [5.74, 6) is -2.08. The maximum absolute atomic E-state index is 13.1. The standard InChI is InChI=1S/C21H20N8O5S2/c1-2-34-25-13(16-24-21(22)36-26-16)17(30)23-14-18(31)29-15(20(32)33)11(10-35-19(14)29)9-28-8-7-27-6-4-3-5-12(27)28/h3-8,14,19H,2,9-10H2,1H3,(H3-,22,23,24,26,30,32,33)/p+1/b25-13-/t14?,19-/m0/s1. The number of β-lactam (4-membered cyclic amide) rings is 1. The molecule has 13 nitrogen and oxygen atoms in total. The number of carboxylic acid groups (broad SMARTS) is 1. The van der Waals surface area contributed by atoms with Crippen LogP contribution in [-0.2, 0) is 25.8 Å². The van der Waals surface area contributed by atoms with Gasteiger partial charge in [-0.15, -0.1) is 11.8 Å². The van der Waals surface area contributed by atoms with Crippen LogP contribution in [0.5, 0.6) is 0 Å². The summed E-state index contributed by atoms with van der Waals surface area (Å²) in [5.41, 5.74) is 6.83. The number of carboxylic acids is 1. The maximum Gasteiger partial charge on any atom is 0.352 e. The molecule has 2 aliphatic rings. The van der Waals surface area contributed by atoms with Gasteiger partial charge in [0.1, 0.15) is 42.7 Å². The first-order valence-electron chi connectivity index (χ1n) is 10.8. The Morgan fingerprint density at radius 3 is 2.94 bits per heavy atom. The van der Waals surface area contributed by atoms with Crippen LogP contribution in [0.15, 0.2) is 53.2 Å². The predicted molar refractivity (Wildman–Crippen MR) is 130 cm³/mol. The number of carbonyl (C=O) groups excluding carboxylic acids is 2. The lowest BCUT2D eigenvalue weighted by Gasteiger charge is -2.49. The van der Waals surface area contributed by atoms with Crippen molar-refractivity contribution in [3.05, 3.63) is 53.9 Å². The van der Waals surface area contributed by atoms with Gasteiger partial charge in [-0.25, -0.2) is 13.8 Å². The number of rotatable bonds is 8. The topological polar surface area (TPSA) is 168 Å². The molecule has 0 aliphatic carbocycles. The minimum atomic E-state index is -1.20. The van der Waals surface area contributed by atoms with Crippen molar-refractivity contribution in [1.29, 1.82) is 0 Å². The zero-order valence-electron chi connectivity index (χ0n) is 18.9. The van der Waals surface area contributed by atoms with E-state index in [-0.39, 0.29) is 29.0 Å². The molecule has 4 N–H and O–H groups in total. The lowest BCUT2D eigenvalue weighted by Crippen LogP contribution is -2.71. The molecule has 3 aromatic rings. The van der Waals surface area contributed by atoms with Crippen LogP contribution >= 0.6 is 23.3 Å². The molecule has 3 aromatic heterocycles. The molecule has 0 bridgehead atoms. The number of hydrogen-bond acceptors (Lipinski definition) is 10. The molecule has 1 saturated heterocycles. The Morgan fingerprint density at radius 1 is 1.39 bits per heavy atom. The molecule has 2 atom stereocenters. The molecule has 2 aliphatic heterocycles. The second kappa shape index (κ2) is 9.58. The van der Waals surface area contributed by atoms with E-state index in [4.69, 9.17) is 10.6 Å². The van der Waals surface area contributed by atoms with Gasteiger partial charge in [0, 0.05) is 28.9 Å². The number of nitrogens with one attached hydrogen (secondary N) is 1. The van der Waals surface area contributed by atoms with Crippen molar-refractivity contribution in [2.24, 2.45) is 5.16 Å². The quantitative estimate of drug-likeness (QED) is 0.155. The number of nitrogens with two attached hydrogens (primary N) is 1. The number of hydrogen-bond donors (Lipinski definition) is 3. The summed E-state index contributed by atoms with van der Waals surface area (Å²) >= 11 is 2.27. The summed E-state index contributed by atoms with van der Waals surface area (Å²) in [6, 6.07) is 4.78. The van der Waals surface area contributed by atoms with E-state index in [9.17, 15) is 19.5 Å². The van der Waals surface area contributed by atoms with Crippen molar-refractivity contribution in [2.45, 2.75) is 24.9 Å². The van der Waals surface area contributed by atoms with E-state index < -0.39 is 29.2 Å². The number of thioether (sulfide) groups is 1. The van der Waals surface area contributed by atoms with Gasteiger partial charge in [-0.2, -0.15) is 9.36 Å². The fourth-order valence-corrected chi connectivity index (χ4v) is 5.81. The third-order valence-corrected chi connectivity index (χ3v) is 7.50. The van der Waals surface area contributed by atoms with Crippen molar-refractivity contribution in [3.8, 4) is 0 Å². The molecule has 0 aromatic carbocycles. The molecule has 2 amide bonds. The van der Waals surface area contributed by atoms with Crippen LogP contribution in [0.4, 0.5) is 5.13 Å². The number of nitrogens with zero attached hydrogens (tertiary/aromatic N) is 6. The van der Waals surface area contributed by atoms with E-state index in [0.29, 0.717) is 17.9 Å². The van der Waals surface area contributed by atoms with E-state index in [2.05, 4.69) is 19.8 Å². The number of oxime groups is 1. The van der Waals surface area contributed by atoms with E-state index >= 15 is 0 Å². The Kier molecular flexibility index (Phi) is 6.32. The van der Waals surface area contributed by atoms with Crippen LogP contribution in [0.1, 0.15) is 12.7 Å². The fourth-order valence-electron chi connectivity index (χ4n) is 4.04. The van der Waals surface area contributed by atoms with E-state index in [1.54, 1.807) is 6.92 Å². The molecule has 0 saturated carbocycles. The Balaban J connectivity index is 1.37. The number of aromatic nitrogens is 4. The Hall–Kier alpha value is -3.98. The molecular formula is C21H21N8O5S2+. The molecule has 0 spiro atoms. The molecule has 1 unspecified atom stereocenters. The van der Waals surface area contributed by atoms with Crippen LogP contribution in [0.3, 0.4) is 0 Å². The van der Waals surface area contributed by atoms with Gasteiger partial charge >= 0.3 is 5.97 Å². The summed E-state index contributed by atoms with van der Waals surface area (Å²) in [6.07, 6.45) is 5.63. The Bertz CT molecular complexity index is 1430. The predicted octanol–water partition coefficient (Wildman–Crippen LogP) is -0.160. The number of amides is 2. The van der Waals surface area contributed by atoms with Gasteiger partial charge in [-0.05, 0) is 13.0 Å². The second-order valence-electron chi connectivity index (χ2n) is 7.82. The van der Waals surface area contributed by atoms with Crippen molar-refractivity contribution >= 4 is 57.6 Å². The number of anilines is 1. The Morgan fingerprint density at radius 2 is 2.22 bits per heavy atom. The number of nitrogen functional groups attached to an aromatic ring is 1. The normalized spacial score (nSPS) is 19.8. The van der Waals surface area contributed by atoms with E-state index in [1.807, 2.05) is 45.8 Å². The van der Waals surface area contributed by atoms with Crippen LogP contribution < -0.4 is 15.6 Å². The van der Waals surface area contributed by atoms with Crippen molar-refractivity contribution in [2.75, 3.05) is 18.1 Å². The van der Waals surface area contributed by atoms with Crippen LogP contribution in [0.2, 0.25) is 0 Å². The fraction of sp³-hybridized carbons (Fsp3) is 0.286. The minimum absolute atomic E-state index is 0.0198. The summed E-state index contributed by atoms with van der Waals surface area (Å²) in [5, 5.41) is 15.9. The molecule has 186 valence electrons. The monoisotopic (exact) mass is 529 g/mol.